The maximum Gasteiger partial charge on any atom is 0.412 e. The summed E-state index contributed by atoms with van der Waals surface area (Å²) in [6.45, 7) is 2.63. The molecule has 0 aliphatic carbocycles. The third kappa shape index (κ3) is 6.78. The third-order valence-corrected chi connectivity index (χ3v) is 4.21. The molecule has 27 heavy (non-hydrogen) atoms. The summed E-state index contributed by atoms with van der Waals surface area (Å²) in [5, 5.41) is 6.69. The lowest BCUT2D eigenvalue weighted by atomic mass is 10.1. The smallest absolute Gasteiger partial charge is 0.412 e. The Morgan fingerprint density at radius 2 is 2.11 bits per heavy atom. The normalized spacial score (nSPS) is 11.5. The van der Waals surface area contributed by atoms with E-state index in [4.69, 9.17) is 16.3 Å². The van der Waals surface area contributed by atoms with Gasteiger partial charge < -0.3 is 4.74 Å². The average Bonchev–Trinajstić information content (AvgIpc) is 3.01. The minimum Gasteiger partial charge on any atom is -0.444 e. The van der Waals surface area contributed by atoms with Gasteiger partial charge in [0, 0.05) is 24.7 Å². The molecule has 1 aromatic carbocycles. The van der Waals surface area contributed by atoms with Crippen molar-refractivity contribution in [2.75, 3.05) is 5.32 Å². The van der Waals surface area contributed by atoms with E-state index in [-0.39, 0.29) is 23.6 Å². The molecular formula is C18H21ClF3N3O2. The summed E-state index contributed by atoms with van der Waals surface area (Å²) in [7, 11) is 0. The van der Waals surface area contributed by atoms with E-state index < -0.39 is 17.8 Å². The number of hydrogen-bond donors (Lipinski definition) is 1. The van der Waals surface area contributed by atoms with Crippen molar-refractivity contribution >= 4 is 23.4 Å². The van der Waals surface area contributed by atoms with E-state index in [0.717, 1.165) is 6.92 Å². The van der Waals surface area contributed by atoms with Gasteiger partial charge in [0.15, 0.2) is 0 Å². The van der Waals surface area contributed by atoms with Crippen LogP contribution in [0, 0.1) is 12.7 Å². The fourth-order valence-electron chi connectivity index (χ4n) is 2.40. The van der Waals surface area contributed by atoms with Crippen LogP contribution in [0.25, 0.3) is 0 Å². The predicted octanol–water partition coefficient (Wildman–Crippen LogP) is 5.56. The molecule has 0 radical (unpaired) electrons. The van der Waals surface area contributed by atoms with Gasteiger partial charge in [-0.25, -0.2) is 18.0 Å². The minimum absolute atomic E-state index is 0.107. The monoisotopic (exact) mass is 403 g/mol. The summed E-state index contributed by atoms with van der Waals surface area (Å²) in [6, 6.07) is 3.08. The molecule has 148 valence electrons. The molecule has 0 saturated carbocycles. The minimum atomic E-state index is -2.67. The lowest BCUT2D eigenvalue weighted by Crippen LogP contribution is -2.14. The quantitative estimate of drug-likeness (QED) is 0.587. The molecule has 0 fully saturated rings. The number of hydrogen-bond acceptors (Lipinski definition) is 3. The molecular weight excluding hydrogens is 383 g/mol. The lowest BCUT2D eigenvalue weighted by Gasteiger charge is -2.09. The van der Waals surface area contributed by atoms with E-state index in [2.05, 4.69) is 10.4 Å². The summed E-state index contributed by atoms with van der Waals surface area (Å²) in [4.78, 5) is 11.9. The number of benzene rings is 1. The second-order valence-corrected chi connectivity index (χ2v) is 6.78. The van der Waals surface area contributed by atoms with Gasteiger partial charge in [-0.3, -0.25) is 10.00 Å². The van der Waals surface area contributed by atoms with E-state index in [1.54, 1.807) is 17.8 Å². The molecule has 9 heteroatoms. The molecule has 0 spiro atoms. The molecule has 2 rings (SSSR count). The standard InChI is InChI=1S/C18H21ClF3N3O2/c1-12-5-6-15(19)14(16(12)20)11-27-17(26)24-13-9-23-25(10-13)8-4-3-7-18(2,21)22/h5-6,9-10H,3-4,7-8,11H2,1-2H3,(H,24,26). The van der Waals surface area contributed by atoms with Crippen molar-refractivity contribution in [3.63, 3.8) is 0 Å². The van der Waals surface area contributed by atoms with Gasteiger partial charge in [0.25, 0.3) is 0 Å². The number of ether oxygens (including phenoxy) is 1. The maximum absolute atomic E-state index is 14.0. The zero-order valence-electron chi connectivity index (χ0n) is 15.1. The topological polar surface area (TPSA) is 56.1 Å². The van der Waals surface area contributed by atoms with Crippen LogP contribution in [0.4, 0.5) is 23.7 Å². The molecule has 0 atom stereocenters. The van der Waals surface area contributed by atoms with Crippen LogP contribution >= 0.6 is 11.6 Å². The van der Waals surface area contributed by atoms with Crippen molar-refractivity contribution in [3.8, 4) is 0 Å². The van der Waals surface area contributed by atoms with Gasteiger partial charge in [0.2, 0.25) is 5.92 Å². The summed E-state index contributed by atoms with van der Waals surface area (Å²) < 4.78 is 46.0. The zero-order valence-corrected chi connectivity index (χ0v) is 15.8. The Labute approximate surface area is 160 Å². The number of aromatic nitrogens is 2. The summed E-state index contributed by atoms with van der Waals surface area (Å²) in [5.74, 6) is -3.18. The SMILES string of the molecule is Cc1ccc(Cl)c(COC(=O)Nc2cnn(CCCCC(C)(F)F)c2)c1F. The molecule has 0 unspecified atom stereocenters. The molecule has 0 aliphatic rings. The molecule has 2 aromatic rings. The Morgan fingerprint density at radius 1 is 1.37 bits per heavy atom. The number of nitrogens with zero attached hydrogens (tertiary/aromatic N) is 2. The number of nitrogens with one attached hydrogen (secondary N) is 1. The summed E-state index contributed by atoms with van der Waals surface area (Å²) >= 11 is 5.93. The number of halogens is 4. The highest BCUT2D eigenvalue weighted by atomic mass is 35.5. The van der Waals surface area contributed by atoms with E-state index >= 15 is 0 Å². The van der Waals surface area contributed by atoms with Crippen LogP contribution in [0.15, 0.2) is 24.5 Å². The number of anilines is 1. The first-order valence-corrected chi connectivity index (χ1v) is 8.81. The van der Waals surface area contributed by atoms with E-state index in [9.17, 15) is 18.0 Å². The lowest BCUT2D eigenvalue weighted by molar-refractivity contribution is 0.0102. The van der Waals surface area contributed by atoms with Gasteiger partial charge in [-0.15, -0.1) is 0 Å². The van der Waals surface area contributed by atoms with Crippen LogP contribution in [0.3, 0.4) is 0 Å². The fraction of sp³-hybridized carbons (Fsp3) is 0.444. The molecule has 0 saturated heterocycles. The molecule has 1 aromatic heterocycles. The molecule has 0 aliphatic heterocycles. The van der Waals surface area contributed by atoms with Crippen LogP contribution in [0.5, 0.6) is 0 Å². The van der Waals surface area contributed by atoms with Crippen LogP contribution < -0.4 is 5.32 Å². The van der Waals surface area contributed by atoms with Gasteiger partial charge in [-0.05, 0) is 38.3 Å². The molecule has 5 nitrogen and oxygen atoms in total. The highest BCUT2D eigenvalue weighted by molar-refractivity contribution is 6.31. The van der Waals surface area contributed by atoms with Crippen molar-refractivity contribution in [1.29, 1.82) is 0 Å². The number of carbonyl (C=O) groups is 1. The molecule has 1 N–H and O–H groups in total. The van der Waals surface area contributed by atoms with Crippen molar-refractivity contribution in [2.24, 2.45) is 0 Å². The highest BCUT2D eigenvalue weighted by Crippen LogP contribution is 2.23. The predicted molar refractivity (Wildman–Crippen MR) is 96.7 cm³/mol. The Morgan fingerprint density at radius 3 is 2.81 bits per heavy atom. The van der Waals surface area contributed by atoms with Crippen LogP contribution in [-0.2, 0) is 17.9 Å². The van der Waals surface area contributed by atoms with Crippen LogP contribution in [-0.4, -0.2) is 21.8 Å². The second kappa shape index (κ2) is 9.12. The van der Waals surface area contributed by atoms with Crippen molar-refractivity contribution in [2.45, 2.75) is 52.2 Å². The van der Waals surface area contributed by atoms with E-state index in [0.29, 0.717) is 30.6 Å². The fourth-order valence-corrected chi connectivity index (χ4v) is 2.60. The number of amides is 1. The molecule has 0 bridgehead atoms. The van der Waals surface area contributed by atoms with Gasteiger partial charge in [-0.2, -0.15) is 5.10 Å². The van der Waals surface area contributed by atoms with Gasteiger partial charge in [0.1, 0.15) is 12.4 Å². The summed E-state index contributed by atoms with van der Waals surface area (Å²) in [6.07, 6.45) is 2.93. The number of unbranched alkanes of at least 4 members (excludes halogenated alkanes) is 1. The van der Waals surface area contributed by atoms with Crippen molar-refractivity contribution < 1.29 is 22.7 Å². The second-order valence-electron chi connectivity index (χ2n) is 6.38. The summed E-state index contributed by atoms with van der Waals surface area (Å²) in [5.41, 5.74) is 0.896. The largest absolute Gasteiger partial charge is 0.444 e. The van der Waals surface area contributed by atoms with Gasteiger partial charge >= 0.3 is 6.09 Å². The first kappa shape index (κ1) is 21.1. The van der Waals surface area contributed by atoms with E-state index in [1.165, 1.54) is 18.3 Å². The highest BCUT2D eigenvalue weighted by Gasteiger charge is 2.19. The third-order valence-electron chi connectivity index (χ3n) is 3.86. The molecule has 1 heterocycles. The number of carbonyl (C=O) groups excluding carboxylic acids is 1. The maximum atomic E-state index is 14.0. The van der Waals surface area contributed by atoms with E-state index in [1.807, 2.05) is 0 Å². The molecule has 1 amide bonds. The van der Waals surface area contributed by atoms with Crippen LogP contribution in [0.2, 0.25) is 5.02 Å². The first-order valence-electron chi connectivity index (χ1n) is 8.43. The Balaban J connectivity index is 1.80. The number of rotatable bonds is 8. The first-order chi connectivity index (χ1) is 12.7. The number of alkyl halides is 2. The van der Waals surface area contributed by atoms with Crippen LogP contribution in [0.1, 0.15) is 37.3 Å². The van der Waals surface area contributed by atoms with Crippen molar-refractivity contribution in [1.82, 2.24) is 9.78 Å². The Bertz CT molecular complexity index is 791. The zero-order chi connectivity index (χ0) is 20.0. The Kier molecular flexibility index (Phi) is 7.12. The van der Waals surface area contributed by atoms with Crippen molar-refractivity contribution in [3.05, 3.63) is 46.5 Å². The van der Waals surface area contributed by atoms with Gasteiger partial charge in [-0.1, -0.05) is 17.7 Å². The number of aryl methyl sites for hydroxylation is 2. The average molecular weight is 404 g/mol. The van der Waals surface area contributed by atoms with Gasteiger partial charge in [0.05, 0.1) is 16.9 Å². The Hall–Kier alpha value is -2.22.